The Balaban J connectivity index is 0.00000288. The summed E-state index contributed by atoms with van der Waals surface area (Å²) in [4.78, 5) is 37.7. The highest BCUT2D eigenvalue weighted by molar-refractivity contribution is 6.09. The molecule has 1 spiro atoms. The fourth-order valence-corrected chi connectivity index (χ4v) is 3.40. The summed E-state index contributed by atoms with van der Waals surface area (Å²) in [6.45, 7) is 5.94. The molecule has 0 aromatic carbocycles. The second-order valence-electron chi connectivity index (χ2n) is 6.46. The van der Waals surface area contributed by atoms with Crippen LogP contribution in [0.3, 0.4) is 0 Å². The van der Waals surface area contributed by atoms with E-state index in [1.807, 2.05) is 6.92 Å². The van der Waals surface area contributed by atoms with Crippen LogP contribution in [-0.4, -0.2) is 54.5 Å². The van der Waals surface area contributed by atoms with Crippen LogP contribution in [0, 0.1) is 5.92 Å². The van der Waals surface area contributed by atoms with Crippen molar-refractivity contribution in [1.82, 2.24) is 20.9 Å². The molecule has 0 radical (unpaired) electrons. The van der Waals surface area contributed by atoms with Gasteiger partial charge in [0.25, 0.3) is 5.91 Å². The van der Waals surface area contributed by atoms with Gasteiger partial charge in [-0.2, -0.15) is 0 Å². The first-order chi connectivity index (χ1) is 11.0. The molecule has 1 heterocycles. The van der Waals surface area contributed by atoms with Gasteiger partial charge < -0.3 is 16.0 Å². The van der Waals surface area contributed by atoms with Crippen LogP contribution in [0.25, 0.3) is 0 Å². The van der Waals surface area contributed by atoms with Crippen LogP contribution in [0.5, 0.6) is 0 Å². The number of carbonyl (C=O) groups is 3. The van der Waals surface area contributed by atoms with Gasteiger partial charge in [0.2, 0.25) is 5.91 Å². The van der Waals surface area contributed by atoms with Crippen LogP contribution in [-0.2, 0) is 9.59 Å². The second kappa shape index (κ2) is 9.22. The summed E-state index contributed by atoms with van der Waals surface area (Å²) in [5.41, 5.74) is -0.771. The Labute approximate surface area is 149 Å². The quantitative estimate of drug-likeness (QED) is 0.467. The highest BCUT2D eigenvalue weighted by atomic mass is 35.5. The van der Waals surface area contributed by atoms with E-state index in [-0.39, 0.29) is 30.8 Å². The third-order valence-corrected chi connectivity index (χ3v) is 4.96. The van der Waals surface area contributed by atoms with E-state index in [2.05, 4.69) is 22.9 Å². The Morgan fingerprint density at radius 2 is 1.92 bits per heavy atom. The number of carbonyl (C=O) groups excluding carboxylic acids is 3. The third-order valence-electron chi connectivity index (χ3n) is 4.96. The van der Waals surface area contributed by atoms with Crippen LogP contribution >= 0.6 is 12.4 Å². The molecule has 1 saturated heterocycles. The van der Waals surface area contributed by atoms with Crippen molar-refractivity contribution in [3.8, 4) is 0 Å². The maximum Gasteiger partial charge on any atom is 0.325 e. The molecular formula is C16H29ClN4O3. The minimum Gasteiger partial charge on any atom is -0.353 e. The van der Waals surface area contributed by atoms with E-state index in [1.165, 1.54) is 0 Å². The summed E-state index contributed by atoms with van der Waals surface area (Å²) in [6.07, 6.45) is 4.36. The van der Waals surface area contributed by atoms with E-state index >= 15 is 0 Å². The van der Waals surface area contributed by atoms with Gasteiger partial charge in [-0.25, -0.2) is 4.79 Å². The molecule has 1 saturated carbocycles. The van der Waals surface area contributed by atoms with Gasteiger partial charge in [0.1, 0.15) is 12.1 Å². The molecule has 4 amide bonds. The van der Waals surface area contributed by atoms with Gasteiger partial charge in [-0.3, -0.25) is 14.5 Å². The number of imide groups is 1. The number of halogens is 1. The molecule has 7 nitrogen and oxygen atoms in total. The largest absolute Gasteiger partial charge is 0.353 e. The van der Waals surface area contributed by atoms with E-state index in [1.54, 1.807) is 0 Å². The van der Waals surface area contributed by atoms with E-state index < -0.39 is 11.6 Å². The number of amides is 4. The first kappa shape index (κ1) is 20.7. The molecule has 1 aliphatic heterocycles. The zero-order valence-corrected chi connectivity index (χ0v) is 15.3. The standard InChI is InChI=1S/C16H28N4O3.ClH/c1-3-12-5-7-16(8-6-12)14(22)20(15(23)19-16)11-13(21)18-10-9-17-4-2;/h12,17H,3-11H2,1-2H3,(H,18,21)(H,19,23);1H. The number of rotatable bonds is 7. The van der Waals surface area contributed by atoms with Crippen LogP contribution < -0.4 is 16.0 Å². The predicted octanol–water partition coefficient (Wildman–Crippen LogP) is 1.02. The average molecular weight is 361 g/mol. The van der Waals surface area contributed by atoms with Crippen LogP contribution in [0.2, 0.25) is 0 Å². The fraction of sp³-hybridized carbons (Fsp3) is 0.812. The topological polar surface area (TPSA) is 90.5 Å². The van der Waals surface area contributed by atoms with Crippen molar-refractivity contribution in [2.45, 2.75) is 51.5 Å². The molecule has 2 rings (SSSR count). The number of urea groups is 1. The minimum absolute atomic E-state index is 0. The van der Waals surface area contributed by atoms with Crippen LogP contribution in [0.1, 0.15) is 46.0 Å². The molecule has 8 heteroatoms. The number of nitrogens with zero attached hydrogens (tertiary/aromatic N) is 1. The van der Waals surface area contributed by atoms with Crippen molar-refractivity contribution in [2.24, 2.45) is 5.92 Å². The molecule has 2 aliphatic rings. The van der Waals surface area contributed by atoms with Gasteiger partial charge in [-0.15, -0.1) is 12.4 Å². The summed E-state index contributed by atoms with van der Waals surface area (Å²) in [5.74, 6) is 0.0957. The Kier molecular flexibility index (Phi) is 7.96. The maximum atomic E-state index is 12.6. The highest BCUT2D eigenvalue weighted by Gasteiger charge is 2.52. The Bertz CT molecular complexity index is 464. The molecule has 0 aromatic heterocycles. The molecule has 0 bridgehead atoms. The van der Waals surface area contributed by atoms with Crippen molar-refractivity contribution >= 4 is 30.3 Å². The summed E-state index contributed by atoms with van der Waals surface area (Å²) in [7, 11) is 0. The lowest BCUT2D eigenvalue weighted by Gasteiger charge is -2.34. The molecule has 0 unspecified atom stereocenters. The van der Waals surface area contributed by atoms with Crippen molar-refractivity contribution in [2.75, 3.05) is 26.2 Å². The average Bonchev–Trinajstić information content (AvgIpc) is 2.77. The lowest BCUT2D eigenvalue weighted by molar-refractivity contribution is -0.136. The Morgan fingerprint density at radius 1 is 1.25 bits per heavy atom. The monoisotopic (exact) mass is 360 g/mol. The lowest BCUT2D eigenvalue weighted by atomic mass is 9.75. The Hall–Kier alpha value is -1.34. The van der Waals surface area contributed by atoms with Crippen LogP contribution in [0.15, 0.2) is 0 Å². The number of nitrogens with one attached hydrogen (secondary N) is 3. The zero-order valence-electron chi connectivity index (χ0n) is 14.5. The molecule has 2 fully saturated rings. The maximum absolute atomic E-state index is 12.6. The molecule has 0 aromatic rings. The van der Waals surface area contributed by atoms with Gasteiger partial charge in [0.15, 0.2) is 0 Å². The first-order valence-electron chi connectivity index (χ1n) is 8.64. The minimum atomic E-state index is -0.771. The van der Waals surface area contributed by atoms with E-state index in [4.69, 9.17) is 0 Å². The van der Waals surface area contributed by atoms with Crippen LogP contribution in [0.4, 0.5) is 4.79 Å². The Morgan fingerprint density at radius 3 is 2.50 bits per heavy atom. The number of likely N-dealkylation sites (N-methyl/N-ethyl adjacent to an activating group) is 1. The second-order valence-corrected chi connectivity index (χ2v) is 6.46. The van der Waals surface area contributed by atoms with Gasteiger partial charge >= 0.3 is 6.03 Å². The van der Waals surface area contributed by atoms with E-state index in [0.717, 1.165) is 30.7 Å². The number of hydrogen-bond acceptors (Lipinski definition) is 4. The predicted molar refractivity (Wildman–Crippen MR) is 94.0 cm³/mol. The SMILES string of the molecule is CCNCCNC(=O)CN1C(=O)NC2(CCC(CC)CC2)C1=O.Cl. The summed E-state index contributed by atoms with van der Waals surface area (Å²) in [5, 5.41) is 8.65. The van der Waals surface area contributed by atoms with Gasteiger partial charge in [-0.1, -0.05) is 20.3 Å². The molecule has 3 N–H and O–H groups in total. The van der Waals surface area contributed by atoms with Crippen molar-refractivity contribution in [3.63, 3.8) is 0 Å². The molecule has 24 heavy (non-hydrogen) atoms. The van der Waals surface area contributed by atoms with Crippen molar-refractivity contribution < 1.29 is 14.4 Å². The lowest BCUT2D eigenvalue weighted by Crippen LogP contribution is -2.50. The molecular weight excluding hydrogens is 332 g/mol. The highest BCUT2D eigenvalue weighted by Crippen LogP contribution is 2.37. The van der Waals surface area contributed by atoms with Gasteiger partial charge in [0.05, 0.1) is 0 Å². The zero-order chi connectivity index (χ0) is 16.9. The summed E-state index contributed by atoms with van der Waals surface area (Å²) < 4.78 is 0. The molecule has 138 valence electrons. The van der Waals surface area contributed by atoms with E-state index in [9.17, 15) is 14.4 Å². The first-order valence-corrected chi connectivity index (χ1v) is 8.64. The van der Waals surface area contributed by atoms with Crippen molar-refractivity contribution in [3.05, 3.63) is 0 Å². The third kappa shape index (κ3) is 4.60. The normalized spacial score (nSPS) is 26.2. The van der Waals surface area contributed by atoms with Gasteiger partial charge in [-0.05, 0) is 38.1 Å². The summed E-state index contributed by atoms with van der Waals surface area (Å²) in [6, 6.07) is -0.438. The van der Waals surface area contributed by atoms with Crippen molar-refractivity contribution in [1.29, 1.82) is 0 Å². The van der Waals surface area contributed by atoms with Gasteiger partial charge in [0, 0.05) is 13.1 Å². The van der Waals surface area contributed by atoms with E-state index in [0.29, 0.717) is 31.8 Å². The molecule has 1 aliphatic carbocycles. The summed E-state index contributed by atoms with van der Waals surface area (Å²) >= 11 is 0. The fourth-order valence-electron chi connectivity index (χ4n) is 3.40. The number of hydrogen-bond donors (Lipinski definition) is 3. The molecule has 0 atom stereocenters. The smallest absolute Gasteiger partial charge is 0.325 e.